The maximum atomic E-state index is 12.2. The number of likely N-dealkylation sites (N-methyl/N-ethyl adjacent to an activating group) is 1. The second-order valence-corrected chi connectivity index (χ2v) is 6.69. The second-order valence-electron chi connectivity index (χ2n) is 4.54. The number of carbonyl (C=O) groups is 2. The van der Waals surface area contributed by atoms with E-state index in [-0.39, 0.29) is 11.4 Å². The number of amides is 1. The third-order valence-corrected chi connectivity index (χ3v) is 4.65. The molecule has 1 amide bonds. The molecule has 1 aromatic carbocycles. The van der Waals surface area contributed by atoms with Gasteiger partial charge in [-0.1, -0.05) is 11.6 Å². The average Bonchev–Trinajstić information content (AvgIpc) is 2.43. The average molecular weight is 349 g/mol. The largest absolute Gasteiger partial charge is 0.480 e. The summed E-state index contributed by atoms with van der Waals surface area (Å²) in [6.45, 7) is 2.65. The Morgan fingerprint density at radius 2 is 1.86 bits per heavy atom. The van der Waals surface area contributed by atoms with E-state index in [1.807, 2.05) is 0 Å². The van der Waals surface area contributed by atoms with Gasteiger partial charge in [-0.25, -0.2) is 8.42 Å². The zero-order chi connectivity index (χ0) is 16.9. The Balaban J connectivity index is 2.85. The molecular weight excluding hydrogens is 332 g/mol. The number of sulfonamides is 1. The van der Waals surface area contributed by atoms with Crippen molar-refractivity contribution in [1.82, 2.24) is 9.62 Å². The fourth-order valence-electron chi connectivity index (χ4n) is 1.75. The van der Waals surface area contributed by atoms with Crippen LogP contribution in [0.4, 0.5) is 0 Å². The van der Waals surface area contributed by atoms with Gasteiger partial charge >= 0.3 is 5.97 Å². The minimum atomic E-state index is -3.90. The molecular formula is C13H17ClN2O5S. The first kappa shape index (κ1) is 18.4. The Morgan fingerprint density at radius 1 is 1.32 bits per heavy atom. The zero-order valence-corrected chi connectivity index (χ0v) is 13.7. The highest BCUT2D eigenvalue weighted by atomic mass is 35.5. The highest BCUT2D eigenvalue weighted by molar-refractivity contribution is 7.89. The van der Waals surface area contributed by atoms with Gasteiger partial charge in [-0.3, -0.25) is 9.59 Å². The molecule has 0 bridgehead atoms. The molecule has 0 spiro atoms. The van der Waals surface area contributed by atoms with Crippen molar-refractivity contribution in [3.8, 4) is 0 Å². The third kappa shape index (κ3) is 4.97. The van der Waals surface area contributed by atoms with Crippen LogP contribution in [0.15, 0.2) is 29.2 Å². The third-order valence-electron chi connectivity index (χ3n) is 2.85. The lowest BCUT2D eigenvalue weighted by Gasteiger charge is -2.23. The SMILES string of the molecule is CCN(CC(=O)O)C(=O)C(C)NS(=O)(=O)c1ccc(Cl)cc1. The first-order valence-corrected chi connectivity index (χ1v) is 8.32. The number of rotatable bonds is 7. The highest BCUT2D eigenvalue weighted by Crippen LogP contribution is 2.14. The maximum absolute atomic E-state index is 12.2. The summed E-state index contributed by atoms with van der Waals surface area (Å²) in [4.78, 5) is 23.8. The van der Waals surface area contributed by atoms with Gasteiger partial charge in [-0.05, 0) is 38.1 Å². The van der Waals surface area contributed by atoms with Crippen molar-refractivity contribution in [2.75, 3.05) is 13.1 Å². The van der Waals surface area contributed by atoms with Crippen molar-refractivity contribution in [2.45, 2.75) is 24.8 Å². The molecule has 7 nitrogen and oxygen atoms in total. The normalized spacial score (nSPS) is 12.7. The number of benzene rings is 1. The summed E-state index contributed by atoms with van der Waals surface area (Å²) in [5.74, 6) is -1.77. The fraction of sp³-hybridized carbons (Fsp3) is 0.385. The number of nitrogens with zero attached hydrogens (tertiary/aromatic N) is 1. The van der Waals surface area contributed by atoms with Crippen LogP contribution in [0.5, 0.6) is 0 Å². The summed E-state index contributed by atoms with van der Waals surface area (Å²) in [6, 6.07) is 4.39. The number of carboxylic acids is 1. The monoisotopic (exact) mass is 348 g/mol. The first-order valence-electron chi connectivity index (χ1n) is 6.46. The molecule has 22 heavy (non-hydrogen) atoms. The number of carbonyl (C=O) groups excluding carboxylic acids is 1. The molecule has 1 rings (SSSR count). The van der Waals surface area contributed by atoms with E-state index in [0.29, 0.717) is 5.02 Å². The number of carboxylic acid groups (broad SMARTS) is 1. The van der Waals surface area contributed by atoms with Crippen molar-refractivity contribution in [3.63, 3.8) is 0 Å². The molecule has 0 saturated heterocycles. The molecule has 0 aliphatic carbocycles. The lowest BCUT2D eigenvalue weighted by Crippen LogP contribution is -2.48. The fourth-order valence-corrected chi connectivity index (χ4v) is 3.07. The molecule has 0 saturated carbocycles. The Hall–Kier alpha value is -1.64. The van der Waals surface area contributed by atoms with Crippen LogP contribution in [0.3, 0.4) is 0 Å². The minimum absolute atomic E-state index is 0.0298. The van der Waals surface area contributed by atoms with Crippen LogP contribution < -0.4 is 4.72 Å². The zero-order valence-electron chi connectivity index (χ0n) is 12.1. The molecule has 0 aromatic heterocycles. The van der Waals surface area contributed by atoms with Crippen LogP contribution in [0.25, 0.3) is 0 Å². The molecule has 0 radical (unpaired) electrons. The van der Waals surface area contributed by atoms with Gasteiger partial charge in [0.1, 0.15) is 6.54 Å². The number of nitrogens with one attached hydrogen (secondary N) is 1. The predicted molar refractivity (Wildman–Crippen MR) is 81.1 cm³/mol. The molecule has 0 fully saturated rings. The van der Waals surface area contributed by atoms with E-state index < -0.39 is 34.5 Å². The van der Waals surface area contributed by atoms with Crippen LogP contribution in [-0.2, 0) is 19.6 Å². The molecule has 1 atom stereocenters. The van der Waals surface area contributed by atoms with E-state index in [1.165, 1.54) is 31.2 Å². The van der Waals surface area contributed by atoms with Gasteiger partial charge in [0.15, 0.2) is 0 Å². The van der Waals surface area contributed by atoms with E-state index in [4.69, 9.17) is 16.7 Å². The standard InChI is InChI=1S/C13H17ClN2O5S/c1-3-16(8-12(17)18)13(19)9(2)15-22(20,21)11-6-4-10(14)5-7-11/h4-7,9,15H,3,8H2,1-2H3,(H,17,18). The van der Waals surface area contributed by atoms with Gasteiger partial charge in [0.25, 0.3) is 0 Å². The van der Waals surface area contributed by atoms with Crippen LogP contribution in [0.1, 0.15) is 13.8 Å². The Kier molecular flexibility index (Phi) is 6.34. The minimum Gasteiger partial charge on any atom is -0.480 e. The summed E-state index contributed by atoms with van der Waals surface area (Å²) < 4.78 is 26.5. The van der Waals surface area contributed by atoms with E-state index in [2.05, 4.69) is 4.72 Å². The summed E-state index contributed by atoms with van der Waals surface area (Å²) >= 11 is 5.70. The molecule has 1 unspecified atom stereocenters. The molecule has 0 aliphatic rings. The first-order chi connectivity index (χ1) is 10.2. The highest BCUT2D eigenvalue weighted by Gasteiger charge is 2.26. The quantitative estimate of drug-likeness (QED) is 0.763. The molecule has 1 aromatic rings. The summed E-state index contributed by atoms with van der Waals surface area (Å²) in [5.41, 5.74) is 0. The van der Waals surface area contributed by atoms with E-state index in [1.54, 1.807) is 6.92 Å². The van der Waals surface area contributed by atoms with E-state index >= 15 is 0 Å². The van der Waals surface area contributed by atoms with Crippen LogP contribution >= 0.6 is 11.6 Å². The number of hydrogen-bond donors (Lipinski definition) is 2. The predicted octanol–water partition coefficient (Wildman–Crippen LogP) is 0.940. The molecule has 2 N–H and O–H groups in total. The van der Waals surface area contributed by atoms with Gasteiger partial charge in [-0.2, -0.15) is 4.72 Å². The molecule has 9 heteroatoms. The molecule has 0 aliphatic heterocycles. The number of hydrogen-bond acceptors (Lipinski definition) is 4. The summed E-state index contributed by atoms with van der Waals surface area (Å²) in [6.07, 6.45) is 0. The van der Waals surface area contributed by atoms with Gasteiger partial charge in [-0.15, -0.1) is 0 Å². The smallest absolute Gasteiger partial charge is 0.323 e. The van der Waals surface area contributed by atoms with Gasteiger partial charge in [0.05, 0.1) is 10.9 Å². The lowest BCUT2D eigenvalue weighted by atomic mass is 10.3. The summed E-state index contributed by atoms with van der Waals surface area (Å²) in [5, 5.41) is 9.13. The number of aliphatic carboxylic acids is 1. The Bertz CT molecular complexity index is 645. The Labute approximate surface area is 133 Å². The summed E-state index contributed by atoms with van der Waals surface area (Å²) in [7, 11) is -3.90. The number of halogens is 1. The van der Waals surface area contributed by atoms with Gasteiger partial charge in [0, 0.05) is 11.6 Å². The maximum Gasteiger partial charge on any atom is 0.323 e. The van der Waals surface area contributed by atoms with E-state index in [9.17, 15) is 18.0 Å². The van der Waals surface area contributed by atoms with Gasteiger partial charge < -0.3 is 10.0 Å². The van der Waals surface area contributed by atoms with Crippen LogP contribution in [0.2, 0.25) is 5.02 Å². The van der Waals surface area contributed by atoms with Crippen molar-refractivity contribution >= 4 is 33.5 Å². The van der Waals surface area contributed by atoms with Gasteiger partial charge in [0.2, 0.25) is 15.9 Å². The van der Waals surface area contributed by atoms with Crippen molar-refractivity contribution < 1.29 is 23.1 Å². The van der Waals surface area contributed by atoms with Crippen molar-refractivity contribution in [1.29, 1.82) is 0 Å². The van der Waals surface area contributed by atoms with Crippen molar-refractivity contribution in [3.05, 3.63) is 29.3 Å². The van der Waals surface area contributed by atoms with Crippen LogP contribution in [-0.4, -0.2) is 49.4 Å². The van der Waals surface area contributed by atoms with E-state index in [0.717, 1.165) is 4.90 Å². The molecule has 122 valence electrons. The Morgan fingerprint density at radius 3 is 2.32 bits per heavy atom. The molecule has 0 heterocycles. The second kappa shape index (κ2) is 7.57. The topological polar surface area (TPSA) is 104 Å². The van der Waals surface area contributed by atoms with Crippen LogP contribution in [0, 0.1) is 0 Å². The van der Waals surface area contributed by atoms with Crippen molar-refractivity contribution in [2.24, 2.45) is 0 Å². The lowest BCUT2D eigenvalue weighted by molar-refractivity contribution is -0.144.